The van der Waals surface area contributed by atoms with Crippen molar-refractivity contribution in [3.8, 4) is 0 Å². The highest BCUT2D eigenvalue weighted by molar-refractivity contribution is 7.47. The number of aromatic amines is 1. The summed E-state index contributed by atoms with van der Waals surface area (Å²) >= 11 is 0. The van der Waals surface area contributed by atoms with Gasteiger partial charge >= 0.3 is 21.3 Å². The van der Waals surface area contributed by atoms with Crippen LogP contribution in [0.3, 0.4) is 0 Å². The predicted octanol–water partition coefficient (Wildman–Crippen LogP) is 2.37. The summed E-state index contributed by atoms with van der Waals surface area (Å²) in [5.74, 6) is 0. The third-order valence-electron chi connectivity index (χ3n) is 4.81. The minimum absolute atomic E-state index is 0.00185. The number of nitrogens with zero attached hydrogens (tertiary/aromatic N) is 1. The van der Waals surface area contributed by atoms with E-state index in [-0.39, 0.29) is 25.2 Å². The Morgan fingerprint density at radius 2 is 1.70 bits per heavy atom. The first-order chi connectivity index (χ1) is 15.5. The van der Waals surface area contributed by atoms with Crippen molar-refractivity contribution in [2.75, 3.05) is 19.8 Å². The van der Waals surface area contributed by atoms with Crippen LogP contribution in [0.15, 0.2) is 15.8 Å². The number of phosphoric ester groups is 2. The highest BCUT2D eigenvalue weighted by Crippen LogP contribution is 2.49. The molecule has 1 aliphatic rings. The SMILES string of the molecule is CCCCOP(=O)(O)OCC1O[C@@H](n2cc(C)c(=O)[nH]c2=O)C[C@H]1OP(=O)(O)OCCCC. The zero-order valence-electron chi connectivity index (χ0n) is 18.9. The molecule has 33 heavy (non-hydrogen) atoms. The highest BCUT2D eigenvalue weighted by Gasteiger charge is 2.43. The Morgan fingerprint density at radius 1 is 1.09 bits per heavy atom. The number of aromatic nitrogens is 2. The Kier molecular flexibility index (Phi) is 10.7. The third kappa shape index (κ3) is 8.86. The zero-order chi connectivity index (χ0) is 24.6. The predicted molar refractivity (Wildman–Crippen MR) is 117 cm³/mol. The van der Waals surface area contributed by atoms with Crippen LogP contribution < -0.4 is 11.2 Å². The van der Waals surface area contributed by atoms with Crippen LogP contribution in [0.4, 0.5) is 0 Å². The molecule has 1 saturated heterocycles. The van der Waals surface area contributed by atoms with Crippen LogP contribution in [0.5, 0.6) is 0 Å². The van der Waals surface area contributed by atoms with Gasteiger partial charge in [0.1, 0.15) is 18.4 Å². The summed E-state index contributed by atoms with van der Waals surface area (Å²) in [6.07, 6.45) is 0.547. The molecule has 2 heterocycles. The molecule has 1 aromatic rings. The lowest BCUT2D eigenvalue weighted by atomic mass is 10.2. The number of aryl methyl sites for hydroxylation is 1. The quantitative estimate of drug-likeness (QED) is 0.245. The molecule has 0 spiro atoms. The van der Waals surface area contributed by atoms with Crippen molar-refractivity contribution in [2.24, 2.45) is 0 Å². The van der Waals surface area contributed by atoms with Gasteiger partial charge in [-0.3, -0.25) is 32.4 Å². The number of hydrogen-bond donors (Lipinski definition) is 3. The topological polar surface area (TPSA) is 176 Å². The lowest BCUT2D eigenvalue weighted by Gasteiger charge is -2.22. The number of nitrogens with one attached hydrogen (secondary N) is 1. The third-order valence-corrected chi connectivity index (χ3v) is 6.84. The van der Waals surface area contributed by atoms with E-state index < -0.39 is 51.9 Å². The molecule has 0 bridgehead atoms. The van der Waals surface area contributed by atoms with Gasteiger partial charge in [0.2, 0.25) is 0 Å². The second-order valence-corrected chi connectivity index (χ2v) is 10.5. The molecular weight excluding hydrogens is 482 g/mol. The second kappa shape index (κ2) is 12.5. The summed E-state index contributed by atoms with van der Waals surface area (Å²) in [5.41, 5.74) is -1.06. The number of hydrogen-bond acceptors (Lipinski definition) is 9. The van der Waals surface area contributed by atoms with E-state index in [2.05, 4.69) is 4.98 Å². The summed E-state index contributed by atoms with van der Waals surface area (Å²) in [5, 5.41) is 0. The molecule has 3 N–H and O–H groups in total. The average molecular weight is 514 g/mol. The van der Waals surface area contributed by atoms with E-state index in [4.69, 9.17) is 22.8 Å². The van der Waals surface area contributed by atoms with E-state index >= 15 is 0 Å². The van der Waals surface area contributed by atoms with Crippen LogP contribution in [-0.2, 0) is 32.0 Å². The molecule has 0 saturated carbocycles. The molecule has 0 radical (unpaired) electrons. The molecule has 0 amide bonds. The molecule has 1 aromatic heterocycles. The minimum Gasteiger partial charge on any atom is -0.349 e. The maximum absolute atomic E-state index is 12.3. The molecule has 1 aliphatic heterocycles. The van der Waals surface area contributed by atoms with Crippen LogP contribution in [0.25, 0.3) is 0 Å². The van der Waals surface area contributed by atoms with Gasteiger partial charge in [0.15, 0.2) is 0 Å². The summed E-state index contributed by atoms with van der Waals surface area (Å²) in [7, 11) is -8.89. The monoisotopic (exact) mass is 514 g/mol. The number of rotatable bonds is 14. The van der Waals surface area contributed by atoms with Gasteiger partial charge in [0.05, 0.1) is 19.8 Å². The van der Waals surface area contributed by atoms with Crippen LogP contribution in [0, 0.1) is 6.92 Å². The standard InChI is InChI=1S/C18H32N2O11P2/c1-4-6-8-27-32(23,24)29-12-15-14(31-33(25,26)28-9-7-5-2)10-16(30-15)20-11-13(3)17(21)19-18(20)22/h11,14-16H,4-10,12H2,1-3H3,(H,23,24)(H,25,26)(H,19,21,22)/t14-,15?,16-/m1/s1. The molecule has 15 heteroatoms. The molecule has 0 aromatic carbocycles. The average Bonchev–Trinajstić information content (AvgIpc) is 3.11. The lowest BCUT2D eigenvalue weighted by Crippen LogP contribution is -2.33. The fourth-order valence-electron chi connectivity index (χ4n) is 2.99. The van der Waals surface area contributed by atoms with E-state index in [0.717, 1.165) is 17.4 Å². The van der Waals surface area contributed by atoms with Crippen molar-refractivity contribution < 1.29 is 41.7 Å². The maximum Gasteiger partial charge on any atom is 0.472 e. The van der Waals surface area contributed by atoms with Gasteiger partial charge in [0.25, 0.3) is 5.56 Å². The van der Waals surface area contributed by atoms with Crippen LogP contribution >= 0.6 is 15.6 Å². The van der Waals surface area contributed by atoms with E-state index in [9.17, 15) is 28.5 Å². The zero-order valence-corrected chi connectivity index (χ0v) is 20.7. The second-order valence-electron chi connectivity index (χ2n) is 7.59. The Hall–Kier alpha value is -1.14. The molecule has 1 fully saturated rings. The van der Waals surface area contributed by atoms with Crippen molar-refractivity contribution in [3.63, 3.8) is 0 Å². The smallest absolute Gasteiger partial charge is 0.349 e. The van der Waals surface area contributed by atoms with Crippen LogP contribution in [0.2, 0.25) is 0 Å². The van der Waals surface area contributed by atoms with Crippen molar-refractivity contribution in [2.45, 2.75) is 71.3 Å². The number of phosphoric acid groups is 2. The summed E-state index contributed by atoms with van der Waals surface area (Å²) in [6.45, 7) is 4.76. The Bertz CT molecular complexity index is 979. The summed E-state index contributed by atoms with van der Waals surface area (Å²) < 4.78 is 51.3. The number of unbranched alkanes of at least 4 members (excludes halogenated alkanes) is 2. The van der Waals surface area contributed by atoms with Gasteiger partial charge in [-0.2, -0.15) is 0 Å². The van der Waals surface area contributed by atoms with E-state index in [1.807, 2.05) is 13.8 Å². The number of ether oxygens (including phenoxy) is 1. The van der Waals surface area contributed by atoms with Gasteiger partial charge in [-0.1, -0.05) is 26.7 Å². The van der Waals surface area contributed by atoms with E-state index in [1.165, 1.54) is 13.1 Å². The first-order valence-corrected chi connectivity index (χ1v) is 13.7. The lowest BCUT2D eigenvalue weighted by molar-refractivity contribution is -0.0469. The highest BCUT2D eigenvalue weighted by atomic mass is 31.2. The maximum atomic E-state index is 12.3. The molecule has 3 unspecified atom stereocenters. The van der Waals surface area contributed by atoms with E-state index in [0.29, 0.717) is 12.8 Å². The first kappa shape index (κ1) is 28.1. The fraction of sp³-hybridized carbons (Fsp3) is 0.778. The molecule has 0 aliphatic carbocycles. The normalized spacial score (nSPS) is 24.5. The first-order valence-electron chi connectivity index (χ1n) is 10.7. The van der Waals surface area contributed by atoms with Crippen LogP contribution in [-0.4, -0.2) is 51.4 Å². The fourth-order valence-corrected chi connectivity index (χ4v) is 4.74. The Labute approximate surface area is 191 Å². The molecule has 13 nitrogen and oxygen atoms in total. The molecule has 190 valence electrons. The van der Waals surface area contributed by atoms with Gasteiger partial charge in [0, 0.05) is 18.2 Å². The molecule has 2 rings (SSSR count). The van der Waals surface area contributed by atoms with Gasteiger partial charge in [-0.25, -0.2) is 13.9 Å². The number of H-pyrrole nitrogens is 1. The van der Waals surface area contributed by atoms with E-state index in [1.54, 1.807) is 0 Å². The minimum atomic E-state index is -4.49. The summed E-state index contributed by atoms with van der Waals surface area (Å²) in [4.78, 5) is 45.9. The Balaban J connectivity index is 2.17. The molecule has 5 atom stereocenters. The van der Waals surface area contributed by atoms with Gasteiger partial charge in [-0.15, -0.1) is 0 Å². The molecular formula is C18H32N2O11P2. The summed E-state index contributed by atoms with van der Waals surface area (Å²) in [6, 6.07) is 0. The van der Waals surface area contributed by atoms with Gasteiger partial charge in [-0.05, 0) is 19.8 Å². The van der Waals surface area contributed by atoms with Crippen molar-refractivity contribution in [1.29, 1.82) is 0 Å². The van der Waals surface area contributed by atoms with Gasteiger partial charge < -0.3 is 14.5 Å². The van der Waals surface area contributed by atoms with Crippen molar-refractivity contribution >= 4 is 15.6 Å². The largest absolute Gasteiger partial charge is 0.472 e. The van der Waals surface area contributed by atoms with Crippen molar-refractivity contribution in [3.05, 3.63) is 32.6 Å². The Morgan fingerprint density at radius 3 is 2.30 bits per heavy atom. The van der Waals surface area contributed by atoms with Crippen molar-refractivity contribution in [1.82, 2.24) is 9.55 Å². The van der Waals surface area contributed by atoms with Crippen LogP contribution in [0.1, 0.15) is 57.7 Å².